The second-order valence-electron chi connectivity index (χ2n) is 6.55. The number of piperidine rings is 1. The van der Waals surface area contributed by atoms with Gasteiger partial charge in [-0.05, 0) is 32.0 Å². The van der Waals surface area contributed by atoms with E-state index in [9.17, 15) is 4.79 Å². The lowest BCUT2D eigenvalue weighted by Crippen LogP contribution is -2.51. The summed E-state index contributed by atoms with van der Waals surface area (Å²) in [6, 6.07) is 9.32. The van der Waals surface area contributed by atoms with Gasteiger partial charge < -0.3 is 9.64 Å². The number of halogens is 1. The normalized spacial score (nSPS) is 16.2. The van der Waals surface area contributed by atoms with Crippen molar-refractivity contribution in [3.8, 4) is 5.75 Å². The average molecular weight is 348 g/mol. The van der Waals surface area contributed by atoms with E-state index in [0.717, 1.165) is 12.8 Å². The zero-order chi connectivity index (χ0) is 17.2. The first-order valence-electron chi connectivity index (χ1n) is 8.19. The van der Waals surface area contributed by atoms with Gasteiger partial charge in [0.2, 0.25) is 5.91 Å². The number of amides is 1. The average Bonchev–Trinajstić information content (AvgIpc) is 3.12. The molecule has 3 rings (SSSR count). The molecule has 5 nitrogen and oxygen atoms in total. The van der Waals surface area contributed by atoms with Crippen molar-refractivity contribution < 1.29 is 9.53 Å². The molecule has 0 saturated carbocycles. The Kier molecular flexibility index (Phi) is 4.81. The minimum absolute atomic E-state index is 0.0850. The number of hydrogen-bond acceptors (Lipinski definition) is 3. The molecule has 0 bridgehead atoms. The highest BCUT2D eigenvalue weighted by Gasteiger charge is 2.36. The number of nitrogens with zero attached hydrogens (tertiary/aromatic N) is 3. The van der Waals surface area contributed by atoms with Crippen molar-refractivity contribution in [3.63, 3.8) is 0 Å². The van der Waals surface area contributed by atoms with Crippen molar-refractivity contribution in [1.29, 1.82) is 0 Å². The van der Waals surface area contributed by atoms with Crippen molar-refractivity contribution in [2.45, 2.75) is 38.3 Å². The van der Waals surface area contributed by atoms with Crippen LogP contribution in [-0.2, 0) is 10.3 Å². The highest BCUT2D eigenvalue weighted by Crippen LogP contribution is 2.27. The van der Waals surface area contributed by atoms with Gasteiger partial charge >= 0.3 is 0 Å². The number of benzene rings is 1. The van der Waals surface area contributed by atoms with Gasteiger partial charge in [-0.2, -0.15) is 5.10 Å². The summed E-state index contributed by atoms with van der Waals surface area (Å²) in [4.78, 5) is 14.7. The van der Waals surface area contributed by atoms with E-state index in [2.05, 4.69) is 5.10 Å². The molecule has 1 fully saturated rings. The van der Waals surface area contributed by atoms with Gasteiger partial charge in [-0.3, -0.25) is 9.48 Å². The summed E-state index contributed by atoms with van der Waals surface area (Å²) in [6.45, 7) is 5.15. The monoisotopic (exact) mass is 347 g/mol. The maximum Gasteiger partial charge on any atom is 0.249 e. The lowest BCUT2D eigenvalue weighted by molar-refractivity contribution is -0.141. The first-order chi connectivity index (χ1) is 11.5. The van der Waals surface area contributed by atoms with Crippen LogP contribution in [0.5, 0.6) is 5.75 Å². The predicted octanol–water partition coefficient (Wildman–Crippen LogP) is 3.34. The number of likely N-dealkylation sites (tertiary alicyclic amines) is 1. The molecule has 1 aliphatic heterocycles. The molecule has 1 aromatic heterocycles. The zero-order valence-electron chi connectivity index (χ0n) is 14.0. The number of rotatable bonds is 4. The third-order valence-corrected chi connectivity index (χ3v) is 4.77. The summed E-state index contributed by atoms with van der Waals surface area (Å²) in [7, 11) is 0. The van der Waals surface area contributed by atoms with Gasteiger partial charge in [0.1, 0.15) is 17.4 Å². The number of aromatic nitrogens is 2. The number of hydrogen-bond donors (Lipinski definition) is 0. The van der Waals surface area contributed by atoms with Crippen LogP contribution in [0.25, 0.3) is 0 Å². The topological polar surface area (TPSA) is 47.4 Å². The summed E-state index contributed by atoms with van der Waals surface area (Å²) in [6.07, 6.45) is 5.20. The minimum Gasteiger partial charge on any atom is -0.489 e. The molecule has 128 valence electrons. The fraction of sp³-hybridized carbons (Fsp3) is 0.444. The van der Waals surface area contributed by atoms with Crippen LogP contribution >= 0.6 is 11.6 Å². The smallest absolute Gasteiger partial charge is 0.249 e. The van der Waals surface area contributed by atoms with Crippen molar-refractivity contribution in [1.82, 2.24) is 14.7 Å². The Bertz CT molecular complexity index is 692. The second-order valence-corrected chi connectivity index (χ2v) is 6.96. The van der Waals surface area contributed by atoms with E-state index < -0.39 is 5.54 Å². The van der Waals surface area contributed by atoms with Gasteiger partial charge in [0, 0.05) is 38.3 Å². The maximum atomic E-state index is 12.8. The second kappa shape index (κ2) is 6.85. The Balaban J connectivity index is 1.59. The molecule has 1 amide bonds. The Morgan fingerprint density at radius 3 is 2.58 bits per heavy atom. The van der Waals surface area contributed by atoms with E-state index in [4.69, 9.17) is 16.3 Å². The number of carbonyl (C=O) groups is 1. The van der Waals surface area contributed by atoms with E-state index in [-0.39, 0.29) is 12.0 Å². The molecule has 0 N–H and O–H groups in total. The lowest BCUT2D eigenvalue weighted by atomic mass is 10.0. The van der Waals surface area contributed by atoms with Crippen LogP contribution in [0.1, 0.15) is 26.7 Å². The van der Waals surface area contributed by atoms with Crippen LogP contribution in [0.15, 0.2) is 42.7 Å². The van der Waals surface area contributed by atoms with Crippen LogP contribution in [-0.4, -0.2) is 39.8 Å². The minimum atomic E-state index is -0.681. The summed E-state index contributed by atoms with van der Waals surface area (Å²) < 4.78 is 7.69. The Labute approximate surface area is 147 Å². The third-order valence-electron chi connectivity index (χ3n) is 4.46. The Hall–Kier alpha value is -2.01. The van der Waals surface area contributed by atoms with Gasteiger partial charge in [0.25, 0.3) is 0 Å². The predicted molar refractivity (Wildman–Crippen MR) is 93.2 cm³/mol. The molecule has 1 aliphatic rings. The van der Waals surface area contributed by atoms with Crippen LogP contribution in [0.4, 0.5) is 0 Å². The number of carbonyl (C=O) groups excluding carboxylic acids is 1. The van der Waals surface area contributed by atoms with Gasteiger partial charge in [-0.25, -0.2) is 0 Å². The van der Waals surface area contributed by atoms with Crippen molar-refractivity contribution in [2.75, 3.05) is 13.1 Å². The van der Waals surface area contributed by atoms with E-state index >= 15 is 0 Å². The highest BCUT2D eigenvalue weighted by molar-refractivity contribution is 6.32. The molecular formula is C18H22ClN3O2. The van der Waals surface area contributed by atoms with Crippen molar-refractivity contribution in [3.05, 3.63) is 47.7 Å². The Morgan fingerprint density at radius 1 is 1.25 bits per heavy atom. The van der Waals surface area contributed by atoms with Gasteiger partial charge in [-0.1, -0.05) is 23.7 Å². The fourth-order valence-corrected chi connectivity index (χ4v) is 3.16. The quantitative estimate of drug-likeness (QED) is 0.852. The molecule has 0 unspecified atom stereocenters. The standard InChI is InChI=1S/C18H22ClN3O2/c1-18(2,22-11-5-10-20-22)17(23)21-12-8-14(9-13-21)24-16-7-4-3-6-15(16)19/h3-7,10-11,14H,8-9,12-13H2,1-2H3. The molecule has 0 radical (unpaired) electrons. The molecule has 0 spiro atoms. The SMILES string of the molecule is CC(C)(C(=O)N1CCC(Oc2ccccc2Cl)CC1)n1cccn1. The van der Waals surface area contributed by atoms with E-state index in [0.29, 0.717) is 23.9 Å². The molecule has 0 atom stereocenters. The molecule has 1 saturated heterocycles. The first-order valence-corrected chi connectivity index (χ1v) is 8.57. The third kappa shape index (κ3) is 3.41. The molecule has 2 aromatic rings. The fourth-order valence-electron chi connectivity index (χ4n) is 2.98. The first kappa shape index (κ1) is 16.8. The molecule has 2 heterocycles. The molecule has 6 heteroatoms. The summed E-state index contributed by atoms with van der Waals surface area (Å²) in [5, 5.41) is 4.84. The van der Waals surface area contributed by atoms with Crippen LogP contribution < -0.4 is 4.74 Å². The van der Waals surface area contributed by atoms with Crippen molar-refractivity contribution in [2.24, 2.45) is 0 Å². The molecule has 1 aromatic carbocycles. The zero-order valence-corrected chi connectivity index (χ0v) is 14.7. The summed E-state index contributed by atoms with van der Waals surface area (Å²) in [5.74, 6) is 0.795. The van der Waals surface area contributed by atoms with E-state index in [1.165, 1.54) is 0 Å². The van der Waals surface area contributed by atoms with Gasteiger partial charge in [-0.15, -0.1) is 0 Å². The van der Waals surface area contributed by atoms with Crippen LogP contribution in [0.3, 0.4) is 0 Å². The van der Waals surface area contributed by atoms with E-state index in [1.54, 1.807) is 10.9 Å². The van der Waals surface area contributed by atoms with Gasteiger partial charge in [0.15, 0.2) is 0 Å². The molecule has 24 heavy (non-hydrogen) atoms. The van der Waals surface area contributed by atoms with E-state index in [1.807, 2.05) is 55.3 Å². The Morgan fingerprint density at radius 2 is 1.96 bits per heavy atom. The summed E-state index contributed by atoms with van der Waals surface area (Å²) >= 11 is 6.14. The van der Waals surface area contributed by atoms with Gasteiger partial charge in [0.05, 0.1) is 5.02 Å². The number of ether oxygens (including phenoxy) is 1. The number of para-hydroxylation sites is 1. The van der Waals surface area contributed by atoms with Crippen LogP contribution in [0, 0.1) is 0 Å². The molecular weight excluding hydrogens is 326 g/mol. The van der Waals surface area contributed by atoms with Crippen LogP contribution in [0.2, 0.25) is 5.02 Å². The maximum absolute atomic E-state index is 12.8. The molecule has 0 aliphatic carbocycles. The highest BCUT2D eigenvalue weighted by atomic mass is 35.5. The largest absolute Gasteiger partial charge is 0.489 e. The lowest BCUT2D eigenvalue weighted by Gasteiger charge is -2.37. The van der Waals surface area contributed by atoms with Crippen molar-refractivity contribution >= 4 is 17.5 Å². The summed E-state index contributed by atoms with van der Waals surface area (Å²) in [5.41, 5.74) is -0.681.